The van der Waals surface area contributed by atoms with Gasteiger partial charge in [-0.15, -0.1) is 0 Å². The molecule has 0 spiro atoms. The lowest BCUT2D eigenvalue weighted by Crippen LogP contribution is -2.14. The van der Waals surface area contributed by atoms with E-state index in [1.165, 1.54) is 11.1 Å². The van der Waals surface area contributed by atoms with Crippen molar-refractivity contribution in [1.29, 1.82) is 0 Å². The largest absolute Gasteiger partial charge is 0.336 e. The molecule has 0 bridgehead atoms. The summed E-state index contributed by atoms with van der Waals surface area (Å²) in [4.78, 5) is 4.34. The van der Waals surface area contributed by atoms with Crippen LogP contribution in [-0.4, -0.2) is 19.4 Å². The SMILES string of the molecule is Cc1ccc(Cn2ncc3nc(C)n(N)c32)cc1. The first-order valence-electron chi connectivity index (χ1n) is 5.86. The van der Waals surface area contributed by atoms with Crippen LogP contribution in [0.25, 0.3) is 11.2 Å². The highest BCUT2D eigenvalue weighted by molar-refractivity contribution is 5.71. The van der Waals surface area contributed by atoms with Gasteiger partial charge in [-0.05, 0) is 19.4 Å². The first kappa shape index (κ1) is 10.8. The van der Waals surface area contributed by atoms with Crippen LogP contribution in [0.2, 0.25) is 0 Å². The van der Waals surface area contributed by atoms with E-state index in [4.69, 9.17) is 5.84 Å². The number of nitrogen functional groups attached to an aromatic ring is 1. The molecule has 1 aromatic carbocycles. The van der Waals surface area contributed by atoms with E-state index in [1.54, 1.807) is 10.9 Å². The van der Waals surface area contributed by atoms with Gasteiger partial charge >= 0.3 is 0 Å². The molecule has 92 valence electrons. The summed E-state index contributed by atoms with van der Waals surface area (Å²) in [5, 5.41) is 4.33. The Morgan fingerprint density at radius 2 is 1.89 bits per heavy atom. The van der Waals surface area contributed by atoms with Crippen LogP contribution in [-0.2, 0) is 6.54 Å². The average molecular weight is 241 g/mol. The number of benzene rings is 1. The summed E-state index contributed by atoms with van der Waals surface area (Å²) < 4.78 is 3.45. The van der Waals surface area contributed by atoms with Crippen molar-refractivity contribution in [2.24, 2.45) is 0 Å². The Labute approximate surface area is 105 Å². The van der Waals surface area contributed by atoms with Gasteiger partial charge in [0.2, 0.25) is 0 Å². The Balaban J connectivity index is 2.02. The fourth-order valence-electron chi connectivity index (χ4n) is 2.06. The van der Waals surface area contributed by atoms with Gasteiger partial charge in [0.05, 0.1) is 12.7 Å². The van der Waals surface area contributed by atoms with Gasteiger partial charge in [0.1, 0.15) is 11.3 Å². The van der Waals surface area contributed by atoms with E-state index in [9.17, 15) is 0 Å². The van der Waals surface area contributed by atoms with Gasteiger partial charge in [-0.1, -0.05) is 29.8 Å². The molecule has 0 radical (unpaired) electrons. The minimum atomic E-state index is 0.701. The van der Waals surface area contributed by atoms with Crippen LogP contribution < -0.4 is 5.84 Å². The lowest BCUT2D eigenvalue weighted by atomic mass is 10.1. The smallest absolute Gasteiger partial charge is 0.177 e. The molecular weight excluding hydrogens is 226 g/mol. The predicted octanol–water partition coefficient (Wildman–Crippen LogP) is 1.61. The first-order valence-corrected chi connectivity index (χ1v) is 5.86. The van der Waals surface area contributed by atoms with E-state index < -0.39 is 0 Å². The molecule has 0 aliphatic carbocycles. The third-order valence-electron chi connectivity index (χ3n) is 3.11. The zero-order valence-electron chi connectivity index (χ0n) is 10.5. The third-order valence-corrected chi connectivity index (χ3v) is 3.11. The van der Waals surface area contributed by atoms with Crippen LogP contribution in [0.5, 0.6) is 0 Å². The van der Waals surface area contributed by atoms with Crippen molar-refractivity contribution in [3.05, 3.63) is 47.4 Å². The van der Waals surface area contributed by atoms with Crippen molar-refractivity contribution >= 4 is 11.2 Å². The Hall–Kier alpha value is -2.30. The molecule has 0 saturated heterocycles. The summed E-state index contributed by atoms with van der Waals surface area (Å²) >= 11 is 0. The van der Waals surface area contributed by atoms with Crippen LogP contribution in [0, 0.1) is 13.8 Å². The third kappa shape index (κ3) is 1.64. The average Bonchev–Trinajstić information content (AvgIpc) is 2.85. The van der Waals surface area contributed by atoms with Gasteiger partial charge in [0.25, 0.3) is 0 Å². The predicted molar refractivity (Wildman–Crippen MR) is 70.7 cm³/mol. The Morgan fingerprint density at radius 1 is 1.17 bits per heavy atom. The molecule has 3 aromatic rings. The highest BCUT2D eigenvalue weighted by Crippen LogP contribution is 2.14. The monoisotopic (exact) mass is 241 g/mol. The van der Waals surface area contributed by atoms with Gasteiger partial charge in [-0.3, -0.25) is 0 Å². The zero-order valence-corrected chi connectivity index (χ0v) is 10.5. The normalized spacial score (nSPS) is 11.2. The lowest BCUT2D eigenvalue weighted by Gasteiger charge is -2.05. The number of hydrogen-bond donors (Lipinski definition) is 1. The number of nitrogens with two attached hydrogens (primary N) is 1. The van der Waals surface area contributed by atoms with E-state index in [0.29, 0.717) is 6.54 Å². The van der Waals surface area contributed by atoms with Crippen molar-refractivity contribution < 1.29 is 0 Å². The summed E-state index contributed by atoms with van der Waals surface area (Å²) in [6.07, 6.45) is 1.75. The summed E-state index contributed by atoms with van der Waals surface area (Å²) in [5.74, 6) is 6.75. The second-order valence-corrected chi connectivity index (χ2v) is 4.53. The molecule has 0 aliphatic rings. The number of aromatic nitrogens is 4. The molecular formula is C13H15N5. The standard InChI is InChI=1S/C13H15N5/c1-9-3-5-11(6-4-9)8-17-13-12(7-15-17)16-10(2)18(13)14/h3-7H,8,14H2,1-2H3. The molecule has 0 aliphatic heterocycles. The summed E-state index contributed by atoms with van der Waals surface area (Å²) in [6, 6.07) is 8.40. The Kier molecular flexibility index (Phi) is 2.33. The van der Waals surface area contributed by atoms with Gasteiger partial charge in [-0.2, -0.15) is 5.10 Å². The maximum Gasteiger partial charge on any atom is 0.177 e. The first-order chi connectivity index (χ1) is 8.65. The van der Waals surface area contributed by atoms with Gasteiger partial charge < -0.3 is 5.84 Å². The van der Waals surface area contributed by atoms with Gasteiger partial charge in [-0.25, -0.2) is 14.3 Å². The second kappa shape index (κ2) is 3.87. The van der Waals surface area contributed by atoms with Crippen molar-refractivity contribution in [2.75, 3.05) is 5.84 Å². The minimum absolute atomic E-state index is 0.701. The van der Waals surface area contributed by atoms with E-state index >= 15 is 0 Å². The molecule has 18 heavy (non-hydrogen) atoms. The molecule has 3 rings (SSSR count). The lowest BCUT2D eigenvalue weighted by molar-refractivity contribution is 0.689. The molecule has 0 saturated carbocycles. The summed E-state index contributed by atoms with van der Waals surface area (Å²) in [5.41, 5.74) is 4.14. The zero-order chi connectivity index (χ0) is 12.7. The van der Waals surface area contributed by atoms with Crippen molar-refractivity contribution in [1.82, 2.24) is 19.4 Å². The summed E-state index contributed by atoms with van der Waals surface area (Å²) in [6.45, 7) is 4.66. The van der Waals surface area contributed by atoms with E-state index in [2.05, 4.69) is 41.3 Å². The molecule has 5 heteroatoms. The van der Waals surface area contributed by atoms with Crippen LogP contribution in [0.1, 0.15) is 17.0 Å². The van der Waals surface area contributed by atoms with E-state index in [1.807, 2.05) is 11.6 Å². The van der Waals surface area contributed by atoms with Crippen LogP contribution in [0.3, 0.4) is 0 Å². The molecule has 2 heterocycles. The van der Waals surface area contributed by atoms with Crippen molar-refractivity contribution in [2.45, 2.75) is 20.4 Å². The molecule has 2 N–H and O–H groups in total. The molecule has 0 atom stereocenters. The minimum Gasteiger partial charge on any atom is -0.336 e. The molecule has 2 aromatic heterocycles. The van der Waals surface area contributed by atoms with Crippen LogP contribution in [0.15, 0.2) is 30.5 Å². The highest BCUT2D eigenvalue weighted by Gasteiger charge is 2.11. The highest BCUT2D eigenvalue weighted by atomic mass is 15.4. The number of imidazole rings is 1. The topological polar surface area (TPSA) is 61.7 Å². The van der Waals surface area contributed by atoms with Crippen molar-refractivity contribution in [3.8, 4) is 0 Å². The number of nitrogens with zero attached hydrogens (tertiary/aromatic N) is 4. The number of hydrogen-bond acceptors (Lipinski definition) is 3. The number of rotatable bonds is 2. The van der Waals surface area contributed by atoms with Gasteiger partial charge in [0, 0.05) is 0 Å². The molecule has 5 nitrogen and oxygen atoms in total. The quantitative estimate of drug-likeness (QED) is 0.693. The fourth-order valence-corrected chi connectivity index (χ4v) is 2.06. The molecule has 0 amide bonds. The van der Waals surface area contributed by atoms with E-state index in [0.717, 1.165) is 17.0 Å². The molecule has 0 unspecified atom stereocenters. The van der Waals surface area contributed by atoms with Crippen molar-refractivity contribution in [3.63, 3.8) is 0 Å². The Morgan fingerprint density at radius 3 is 2.61 bits per heavy atom. The van der Waals surface area contributed by atoms with Crippen LogP contribution in [0.4, 0.5) is 0 Å². The Bertz CT molecular complexity index is 690. The van der Waals surface area contributed by atoms with E-state index in [-0.39, 0.29) is 0 Å². The summed E-state index contributed by atoms with van der Waals surface area (Å²) in [7, 11) is 0. The van der Waals surface area contributed by atoms with Crippen LogP contribution >= 0.6 is 0 Å². The maximum atomic E-state index is 5.95. The van der Waals surface area contributed by atoms with Gasteiger partial charge in [0.15, 0.2) is 5.65 Å². The second-order valence-electron chi connectivity index (χ2n) is 4.53. The number of aryl methyl sites for hydroxylation is 2. The molecule has 0 fully saturated rings. The fraction of sp³-hybridized carbons (Fsp3) is 0.231. The number of fused-ring (bicyclic) bond motifs is 1. The maximum absolute atomic E-state index is 5.95.